The number of hydrogen-bond acceptors (Lipinski definition) is 6. The third-order valence-electron chi connectivity index (χ3n) is 1.98. The van der Waals surface area contributed by atoms with E-state index in [9.17, 15) is 24.0 Å². The van der Waals surface area contributed by atoms with Gasteiger partial charge in [-0.1, -0.05) is 0 Å². The molecule has 1 heterocycles. The van der Waals surface area contributed by atoms with Crippen LogP contribution in [-0.4, -0.2) is 38.5 Å². The number of carbonyl (C=O) groups excluding carboxylic acids is 2. The number of amides is 1. The van der Waals surface area contributed by atoms with Gasteiger partial charge in [0.25, 0.3) is 5.56 Å². The van der Waals surface area contributed by atoms with Crippen LogP contribution in [0.4, 0.5) is 5.69 Å². The first-order chi connectivity index (χ1) is 9.51. The molecule has 0 aliphatic rings. The molecule has 114 valence electrons. The van der Waals surface area contributed by atoms with Crippen molar-refractivity contribution in [2.75, 3.05) is 5.32 Å². The van der Waals surface area contributed by atoms with Gasteiger partial charge in [0.05, 0.1) is 0 Å². The molecule has 0 atom stereocenters. The molecule has 10 nitrogen and oxygen atoms in total. The zero-order valence-electron chi connectivity index (χ0n) is 11.4. The molecule has 0 aromatic carbocycles. The van der Waals surface area contributed by atoms with Crippen LogP contribution in [0.25, 0.3) is 0 Å². The summed E-state index contributed by atoms with van der Waals surface area (Å²) in [6.07, 6.45) is 0. The number of ether oxygens (including phenoxy) is 1. The number of aromatic amines is 2. The van der Waals surface area contributed by atoms with Gasteiger partial charge in [-0.2, -0.15) is 0 Å². The first kappa shape index (κ1) is 16.1. The highest BCUT2D eigenvalue weighted by atomic mass is 16.6. The summed E-state index contributed by atoms with van der Waals surface area (Å²) in [5.41, 5.74) is -4.78. The Morgan fingerprint density at radius 2 is 1.71 bits per heavy atom. The smallest absolute Gasteiger partial charge is 0.397 e. The maximum absolute atomic E-state index is 11.6. The standard InChI is InChI=1S/C11H13N3O7/c1-11(2,3)21-9(19)7(16)12-4-5(8(17)18)13-10(20)14-6(4)15/h1-3H3,(H,12,16)(H,17,18)(H2,13,14,15,20). The van der Waals surface area contributed by atoms with Crippen molar-refractivity contribution >= 4 is 23.5 Å². The fraction of sp³-hybridized carbons (Fsp3) is 0.364. The number of carboxylic acids is 1. The van der Waals surface area contributed by atoms with Crippen molar-refractivity contribution in [1.82, 2.24) is 9.97 Å². The maximum atomic E-state index is 11.6. The van der Waals surface area contributed by atoms with Gasteiger partial charge in [-0.3, -0.25) is 19.6 Å². The number of hydrogen-bond donors (Lipinski definition) is 4. The number of esters is 1. The zero-order valence-corrected chi connectivity index (χ0v) is 11.4. The first-order valence-corrected chi connectivity index (χ1v) is 5.65. The molecule has 0 aliphatic carbocycles. The molecular weight excluding hydrogens is 286 g/mol. The van der Waals surface area contributed by atoms with E-state index in [0.717, 1.165) is 0 Å². The number of aromatic carboxylic acids is 1. The minimum Gasteiger partial charge on any atom is -0.477 e. The van der Waals surface area contributed by atoms with Crippen molar-refractivity contribution < 1.29 is 24.2 Å². The van der Waals surface area contributed by atoms with Crippen LogP contribution in [0.2, 0.25) is 0 Å². The molecule has 0 aliphatic heterocycles. The number of carboxylic acid groups (broad SMARTS) is 1. The van der Waals surface area contributed by atoms with E-state index in [1.807, 2.05) is 4.98 Å². The number of aromatic nitrogens is 2. The van der Waals surface area contributed by atoms with Crippen LogP contribution in [-0.2, 0) is 14.3 Å². The summed E-state index contributed by atoms with van der Waals surface area (Å²) in [6.45, 7) is 4.56. The van der Waals surface area contributed by atoms with Gasteiger partial charge < -0.3 is 15.2 Å². The van der Waals surface area contributed by atoms with Gasteiger partial charge in [0, 0.05) is 0 Å². The number of H-pyrrole nitrogens is 2. The monoisotopic (exact) mass is 299 g/mol. The van der Waals surface area contributed by atoms with Crippen LogP contribution < -0.4 is 16.6 Å². The molecule has 1 aromatic rings. The van der Waals surface area contributed by atoms with Crippen LogP contribution in [0.3, 0.4) is 0 Å². The first-order valence-electron chi connectivity index (χ1n) is 5.65. The van der Waals surface area contributed by atoms with E-state index >= 15 is 0 Å². The minimum absolute atomic E-state index is 0.766. The van der Waals surface area contributed by atoms with Crippen molar-refractivity contribution in [3.05, 3.63) is 26.5 Å². The molecule has 0 unspecified atom stereocenters. The van der Waals surface area contributed by atoms with Crippen molar-refractivity contribution in [3.63, 3.8) is 0 Å². The second kappa shape index (κ2) is 5.61. The molecule has 1 rings (SSSR count). The largest absolute Gasteiger partial charge is 0.477 e. The number of anilines is 1. The zero-order chi connectivity index (χ0) is 16.4. The quantitative estimate of drug-likeness (QED) is 0.404. The lowest BCUT2D eigenvalue weighted by atomic mass is 10.2. The summed E-state index contributed by atoms with van der Waals surface area (Å²) in [7, 11) is 0. The maximum Gasteiger partial charge on any atom is 0.397 e. The second-order valence-electron chi connectivity index (χ2n) is 4.92. The summed E-state index contributed by atoms with van der Waals surface area (Å²) < 4.78 is 4.75. The summed E-state index contributed by atoms with van der Waals surface area (Å²) in [5.74, 6) is -4.30. The predicted molar refractivity (Wildman–Crippen MR) is 69.1 cm³/mol. The van der Waals surface area contributed by atoms with Crippen LogP contribution in [0.1, 0.15) is 31.3 Å². The van der Waals surface area contributed by atoms with Gasteiger partial charge in [-0.05, 0) is 20.8 Å². The fourth-order valence-electron chi connectivity index (χ4n) is 1.26. The van der Waals surface area contributed by atoms with Crippen LogP contribution >= 0.6 is 0 Å². The fourth-order valence-corrected chi connectivity index (χ4v) is 1.26. The van der Waals surface area contributed by atoms with E-state index < -0.39 is 46.1 Å². The Morgan fingerprint density at radius 1 is 1.14 bits per heavy atom. The van der Waals surface area contributed by atoms with Crippen molar-refractivity contribution in [2.45, 2.75) is 26.4 Å². The lowest BCUT2D eigenvalue weighted by molar-refractivity contribution is -0.161. The Kier molecular flexibility index (Phi) is 4.31. The summed E-state index contributed by atoms with van der Waals surface area (Å²) in [4.78, 5) is 60.0. The Balaban J connectivity index is 3.12. The van der Waals surface area contributed by atoms with E-state index in [0.29, 0.717) is 0 Å². The molecule has 0 saturated heterocycles. The van der Waals surface area contributed by atoms with Crippen LogP contribution in [0.15, 0.2) is 9.59 Å². The third kappa shape index (κ3) is 4.30. The minimum atomic E-state index is -1.65. The molecule has 21 heavy (non-hydrogen) atoms. The van der Waals surface area contributed by atoms with Crippen molar-refractivity contribution in [1.29, 1.82) is 0 Å². The molecule has 4 N–H and O–H groups in total. The Bertz CT molecular complexity index is 708. The molecule has 0 saturated carbocycles. The molecule has 1 amide bonds. The summed E-state index contributed by atoms with van der Waals surface area (Å²) in [6, 6.07) is 0. The average molecular weight is 299 g/mol. The van der Waals surface area contributed by atoms with Crippen LogP contribution in [0.5, 0.6) is 0 Å². The van der Waals surface area contributed by atoms with Gasteiger partial charge >= 0.3 is 23.5 Å². The van der Waals surface area contributed by atoms with Gasteiger partial charge in [0.15, 0.2) is 5.69 Å². The molecule has 0 fully saturated rings. The van der Waals surface area contributed by atoms with E-state index in [1.165, 1.54) is 20.8 Å². The average Bonchev–Trinajstić information content (AvgIpc) is 2.29. The molecule has 0 spiro atoms. The summed E-state index contributed by atoms with van der Waals surface area (Å²) in [5, 5.41) is 10.7. The number of nitrogens with one attached hydrogen (secondary N) is 3. The second-order valence-corrected chi connectivity index (χ2v) is 4.92. The van der Waals surface area contributed by atoms with Crippen molar-refractivity contribution in [2.24, 2.45) is 0 Å². The highest BCUT2D eigenvalue weighted by Crippen LogP contribution is 2.09. The van der Waals surface area contributed by atoms with E-state index in [-0.39, 0.29) is 0 Å². The molecule has 1 aromatic heterocycles. The highest BCUT2D eigenvalue weighted by Gasteiger charge is 2.26. The van der Waals surface area contributed by atoms with E-state index in [4.69, 9.17) is 9.84 Å². The third-order valence-corrected chi connectivity index (χ3v) is 1.98. The van der Waals surface area contributed by atoms with E-state index in [1.54, 1.807) is 10.3 Å². The lowest BCUT2D eigenvalue weighted by Crippen LogP contribution is -2.36. The SMILES string of the molecule is CC(C)(C)OC(=O)C(=O)Nc1c(C(=O)O)[nH]c(=O)[nH]c1=O. The Labute approximate surface area is 117 Å². The molecule has 10 heteroatoms. The van der Waals surface area contributed by atoms with Gasteiger partial charge in [0.1, 0.15) is 11.3 Å². The topological polar surface area (TPSA) is 158 Å². The van der Waals surface area contributed by atoms with Gasteiger partial charge in [-0.15, -0.1) is 0 Å². The lowest BCUT2D eigenvalue weighted by Gasteiger charge is -2.18. The molecular formula is C11H13N3O7. The van der Waals surface area contributed by atoms with Gasteiger partial charge in [-0.25, -0.2) is 14.4 Å². The number of carbonyl (C=O) groups is 3. The molecule has 0 radical (unpaired) electrons. The summed E-state index contributed by atoms with van der Waals surface area (Å²) >= 11 is 0. The van der Waals surface area contributed by atoms with Gasteiger partial charge in [0.2, 0.25) is 0 Å². The molecule has 0 bridgehead atoms. The Morgan fingerprint density at radius 3 is 2.19 bits per heavy atom. The van der Waals surface area contributed by atoms with Crippen molar-refractivity contribution in [3.8, 4) is 0 Å². The highest BCUT2D eigenvalue weighted by molar-refractivity contribution is 6.37. The van der Waals surface area contributed by atoms with Crippen LogP contribution in [0, 0.1) is 0 Å². The van der Waals surface area contributed by atoms with E-state index in [2.05, 4.69) is 0 Å². The Hall–Kier alpha value is -2.91. The predicted octanol–water partition coefficient (Wildman–Crippen LogP) is -0.958. The normalized spacial score (nSPS) is 10.8. The number of rotatable bonds is 2.